The highest BCUT2D eigenvalue weighted by molar-refractivity contribution is 7.80. The first-order chi connectivity index (χ1) is 14.6. The van der Waals surface area contributed by atoms with Crippen molar-refractivity contribution in [3.8, 4) is 11.4 Å². The molecule has 5 nitrogen and oxygen atoms in total. The van der Waals surface area contributed by atoms with Crippen molar-refractivity contribution in [3.05, 3.63) is 77.3 Å². The van der Waals surface area contributed by atoms with Gasteiger partial charge in [-0.3, -0.25) is 0 Å². The van der Waals surface area contributed by atoms with Crippen molar-refractivity contribution in [3.63, 3.8) is 0 Å². The standard InChI is InChI=1S/C24H26N4OS/c1-4-15-28-16(3)20(21(25-24(28)30)18-9-7-6-8-10-18)23-26-22(27-29-23)19-13-11-17(5-2)12-14-19/h6-14,21H,4-5,15H2,1-3H3,(H,25,30). The highest BCUT2D eigenvalue weighted by Gasteiger charge is 2.33. The van der Waals surface area contributed by atoms with E-state index in [4.69, 9.17) is 21.7 Å². The van der Waals surface area contributed by atoms with Crippen LogP contribution in [0.1, 0.15) is 50.3 Å². The van der Waals surface area contributed by atoms with Gasteiger partial charge in [-0.05, 0) is 43.1 Å². The van der Waals surface area contributed by atoms with Gasteiger partial charge in [0.25, 0.3) is 5.89 Å². The summed E-state index contributed by atoms with van der Waals surface area (Å²) in [6.07, 6.45) is 1.99. The molecular formula is C24H26N4OS. The number of hydrogen-bond acceptors (Lipinski definition) is 4. The van der Waals surface area contributed by atoms with Gasteiger partial charge in [-0.2, -0.15) is 4.98 Å². The van der Waals surface area contributed by atoms with Crippen LogP contribution >= 0.6 is 12.2 Å². The zero-order valence-corrected chi connectivity index (χ0v) is 18.4. The molecule has 0 spiro atoms. The second-order valence-electron chi connectivity index (χ2n) is 7.42. The topological polar surface area (TPSA) is 54.2 Å². The highest BCUT2D eigenvalue weighted by atomic mass is 32.1. The van der Waals surface area contributed by atoms with E-state index in [1.165, 1.54) is 5.56 Å². The van der Waals surface area contributed by atoms with Gasteiger partial charge < -0.3 is 14.7 Å². The molecule has 1 unspecified atom stereocenters. The van der Waals surface area contributed by atoms with Crippen molar-refractivity contribution in [2.45, 2.75) is 39.7 Å². The van der Waals surface area contributed by atoms with Gasteiger partial charge in [0.05, 0.1) is 11.6 Å². The van der Waals surface area contributed by atoms with Crippen LogP contribution in [0.15, 0.2) is 64.8 Å². The lowest BCUT2D eigenvalue weighted by molar-refractivity contribution is 0.396. The summed E-state index contributed by atoms with van der Waals surface area (Å²) in [5, 5.41) is 8.48. The van der Waals surface area contributed by atoms with E-state index in [0.29, 0.717) is 11.7 Å². The van der Waals surface area contributed by atoms with Crippen molar-refractivity contribution in [1.82, 2.24) is 20.4 Å². The molecule has 154 valence electrons. The Labute approximate surface area is 182 Å². The Morgan fingerprint density at radius 3 is 2.47 bits per heavy atom. The summed E-state index contributed by atoms with van der Waals surface area (Å²) >= 11 is 5.67. The zero-order valence-electron chi connectivity index (χ0n) is 17.6. The SMILES string of the molecule is CCCN1C(=S)NC(c2ccccc2)C(c2nc(-c3ccc(CC)cc3)no2)=C1C. The van der Waals surface area contributed by atoms with Gasteiger partial charge in [0.2, 0.25) is 5.82 Å². The van der Waals surface area contributed by atoms with Crippen LogP contribution in [-0.4, -0.2) is 26.7 Å². The molecule has 1 aliphatic rings. The van der Waals surface area contributed by atoms with Crippen LogP contribution in [-0.2, 0) is 6.42 Å². The number of thiocarbonyl (C=S) groups is 1. The molecule has 1 aromatic heterocycles. The summed E-state index contributed by atoms with van der Waals surface area (Å²) in [6.45, 7) is 7.20. The molecule has 1 aliphatic heterocycles. The fourth-order valence-electron chi connectivity index (χ4n) is 3.79. The normalized spacial score (nSPS) is 16.7. The van der Waals surface area contributed by atoms with Gasteiger partial charge in [-0.25, -0.2) is 0 Å². The first-order valence-corrected chi connectivity index (χ1v) is 10.8. The van der Waals surface area contributed by atoms with Crippen molar-refractivity contribution in [2.75, 3.05) is 6.54 Å². The molecule has 1 atom stereocenters. The number of aromatic nitrogens is 2. The van der Waals surface area contributed by atoms with Crippen molar-refractivity contribution in [1.29, 1.82) is 0 Å². The van der Waals surface area contributed by atoms with E-state index in [-0.39, 0.29) is 6.04 Å². The average Bonchev–Trinajstić information content (AvgIpc) is 3.26. The minimum absolute atomic E-state index is 0.137. The number of allylic oxidation sites excluding steroid dienone is 1. The van der Waals surface area contributed by atoms with E-state index >= 15 is 0 Å². The second kappa shape index (κ2) is 8.79. The summed E-state index contributed by atoms with van der Waals surface area (Å²) in [5.74, 6) is 1.11. The first kappa shape index (κ1) is 20.3. The molecule has 0 saturated carbocycles. The van der Waals surface area contributed by atoms with Crippen LogP contribution in [0.3, 0.4) is 0 Å². The van der Waals surface area contributed by atoms with E-state index in [0.717, 1.165) is 46.9 Å². The molecule has 0 amide bonds. The Balaban J connectivity index is 1.77. The van der Waals surface area contributed by atoms with Gasteiger partial charge in [-0.1, -0.05) is 73.6 Å². The van der Waals surface area contributed by atoms with Crippen LogP contribution in [0, 0.1) is 0 Å². The maximum Gasteiger partial charge on any atom is 0.258 e. The molecule has 0 saturated heterocycles. The van der Waals surface area contributed by atoms with E-state index in [2.05, 4.69) is 60.4 Å². The number of aryl methyl sites for hydroxylation is 1. The maximum absolute atomic E-state index is 5.77. The molecule has 2 aromatic carbocycles. The molecular weight excluding hydrogens is 392 g/mol. The third kappa shape index (κ3) is 3.87. The van der Waals surface area contributed by atoms with Gasteiger partial charge in [0, 0.05) is 17.8 Å². The Morgan fingerprint density at radius 2 is 1.80 bits per heavy atom. The third-order valence-corrected chi connectivity index (χ3v) is 5.79. The van der Waals surface area contributed by atoms with Crippen LogP contribution in [0.2, 0.25) is 0 Å². The molecule has 2 heterocycles. The van der Waals surface area contributed by atoms with Crippen molar-refractivity contribution < 1.29 is 4.52 Å². The number of nitrogens with one attached hydrogen (secondary N) is 1. The lowest BCUT2D eigenvalue weighted by atomic mass is 9.95. The molecule has 4 rings (SSSR count). The van der Waals surface area contributed by atoms with Gasteiger partial charge in [0.1, 0.15) is 0 Å². The third-order valence-electron chi connectivity index (χ3n) is 5.45. The monoisotopic (exact) mass is 418 g/mol. The van der Waals surface area contributed by atoms with Gasteiger partial charge >= 0.3 is 0 Å². The minimum atomic E-state index is -0.137. The Hall–Kier alpha value is -2.99. The molecule has 3 aromatic rings. The number of hydrogen-bond donors (Lipinski definition) is 1. The number of benzene rings is 2. The highest BCUT2D eigenvalue weighted by Crippen LogP contribution is 2.37. The van der Waals surface area contributed by atoms with Crippen molar-refractivity contribution in [2.24, 2.45) is 0 Å². The Morgan fingerprint density at radius 1 is 1.07 bits per heavy atom. The Kier molecular flexibility index (Phi) is 5.95. The van der Waals surface area contributed by atoms with E-state index in [9.17, 15) is 0 Å². The van der Waals surface area contributed by atoms with Crippen LogP contribution < -0.4 is 5.32 Å². The zero-order chi connectivity index (χ0) is 21.1. The molecule has 1 N–H and O–H groups in total. The smallest absolute Gasteiger partial charge is 0.258 e. The predicted octanol–water partition coefficient (Wildman–Crippen LogP) is 5.37. The largest absolute Gasteiger partial charge is 0.351 e. The summed E-state index contributed by atoms with van der Waals surface area (Å²) in [4.78, 5) is 6.87. The molecule has 30 heavy (non-hydrogen) atoms. The summed E-state index contributed by atoms with van der Waals surface area (Å²) < 4.78 is 5.77. The molecule has 0 bridgehead atoms. The van der Waals surface area contributed by atoms with Gasteiger partial charge in [-0.15, -0.1) is 0 Å². The first-order valence-electron chi connectivity index (χ1n) is 10.4. The predicted molar refractivity (Wildman–Crippen MR) is 124 cm³/mol. The lowest BCUT2D eigenvalue weighted by Gasteiger charge is -2.37. The lowest BCUT2D eigenvalue weighted by Crippen LogP contribution is -2.46. The van der Waals surface area contributed by atoms with Crippen LogP contribution in [0.25, 0.3) is 17.0 Å². The quantitative estimate of drug-likeness (QED) is 0.543. The average molecular weight is 419 g/mol. The Bertz CT molecular complexity index is 1060. The van der Waals surface area contributed by atoms with E-state index < -0.39 is 0 Å². The molecule has 0 radical (unpaired) electrons. The maximum atomic E-state index is 5.77. The summed E-state index contributed by atoms with van der Waals surface area (Å²) in [7, 11) is 0. The van der Waals surface area contributed by atoms with Crippen LogP contribution in [0.5, 0.6) is 0 Å². The molecule has 0 aliphatic carbocycles. The van der Waals surface area contributed by atoms with Crippen molar-refractivity contribution >= 4 is 22.9 Å². The minimum Gasteiger partial charge on any atom is -0.351 e. The molecule has 0 fully saturated rings. The molecule has 6 heteroatoms. The van der Waals surface area contributed by atoms with E-state index in [1.807, 2.05) is 30.3 Å². The fourth-order valence-corrected chi connectivity index (χ4v) is 4.13. The summed E-state index contributed by atoms with van der Waals surface area (Å²) in [6, 6.07) is 18.4. The second-order valence-corrected chi connectivity index (χ2v) is 7.80. The fraction of sp³-hybridized carbons (Fsp3) is 0.292. The van der Waals surface area contributed by atoms with Gasteiger partial charge in [0.15, 0.2) is 5.11 Å². The number of nitrogens with zero attached hydrogens (tertiary/aromatic N) is 3. The van der Waals surface area contributed by atoms with E-state index in [1.54, 1.807) is 0 Å². The van der Waals surface area contributed by atoms with Crippen LogP contribution in [0.4, 0.5) is 0 Å². The number of rotatable bonds is 6. The summed E-state index contributed by atoms with van der Waals surface area (Å²) in [5.41, 5.74) is 5.35.